The van der Waals surface area contributed by atoms with Crippen molar-refractivity contribution in [3.05, 3.63) is 30.5 Å². The van der Waals surface area contributed by atoms with Crippen LogP contribution in [0.4, 0.5) is 5.69 Å². The van der Waals surface area contributed by atoms with Crippen molar-refractivity contribution in [1.82, 2.24) is 0 Å². The van der Waals surface area contributed by atoms with Crippen molar-refractivity contribution in [3.63, 3.8) is 0 Å². The van der Waals surface area contributed by atoms with Gasteiger partial charge in [-0.3, -0.25) is 0 Å². The largest absolute Gasteiger partial charge is 0.462 e. The average molecular weight is 231 g/mol. The number of anilines is 1. The molecular formula is C14H17NO2. The Labute approximate surface area is 100 Å². The van der Waals surface area contributed by atoms with E-state index in [9.17, 15) is 5.11 Å². The predicted octanol–water partition coefficient (Wildman–Crippen LogP) is 3.01. The molecule has 0 radical (unpaired) electrons. The molecule has 1 heterocycles. The number of rotatable bonds is 4. The van der Waals surface area contributed by atoms with E-state index >= 15 is 0 Å². The molecule has 3 rings (SSSR count). The lowest BCUT2D eigenvalue weighted by atomic mass is 9.69. The third kappa shape index (κ3) is 1.80. The van der Waals surface area contributed by atoms with Gasteiger partial charge in [-0.15, -0.1) is 0 Å². The van der Waals surface area contributed by atoms with Crippen LogP contribution in [0.3, 0.4) is 0 Å². The molecule has 1 saturated carbocycles. The topological polar surface area (TPSA) is 45.4 Å². The van der Waals surface area contributed by atoms with Gasteiger partial charge in [-0.1, -0.05) is 18.6 Å². The first-order valence-electron chi connectivity index (χ1n) is 6.14. The Morgan fingerprint density at radius 3 is 2.82 bits per heavy atom. The van der Waals surface area contributed by atoms with Gasteiger partial charge in [0.05, 0.1) is 12.3 Å². The Morgan fingerprint density at radius 1 is 1.29 bits per heavy atom. The summed E-state index contributed by atoms with van der Waals surface area (Å²) in [6.45, 7) is 1.10. The molecule has 3 heteroatoms. The van der Waals surface area contributed by atoms with Crippen LogP contribution in [-0.2, 0) is 0 Å². The summed E-state index contributed by atoms with van der Waals surface area (Å²) in [5.74, 6) is 0. The van der Waals surface area contributed by atoms with Gasteiger partial charge in [0.2, 0.25) is 0 Å². The first-order valence-corrected chi connectivity index (χ1v) is 6.14. The molecule has 2 N–H and O–H groups in total. The number of fused-ring (bicyclic) bond motifs is 1. The van der Waals surface area contributed by atoms with Crippen molar-refractivity contribution in [2.24, 2.45) is 5.41 Å². The fraction of sp³-hybridized carbons (Fsp3) is 0.429. The van der Waals surface area contributed by atoms with E-state index in [1.807, 2.05) is 24.3 Å². The standard InChI is InChI=1S/C14H17NO2/c16-10-14(6-3-7-14)9-15-12-8-17-13-5-2-1-4-11(12)13/h1-2,4-5,8,15-16H,3,6-7,9-10H2. The molecule has 0 unspecified atom stereocenters. The van der Waals surface area contributed by atoms with Crippen LogP contribution in [0.2, 0.25) is 0 Å². The quantitative estimate of drug-likeness (QED) is 0.850. The molecule has 1 aromatic carbocycles. The first kappa shape index (κ1) is 10.7. The van der Waals surface area contributed by atoms with E-state index < -0.39 is 0 Å². The van der Waals surface area contributed by atoms with Crippen LogP contribution in [0, 0.1) is 5.41 Å². The van der Waals surface area contributed by atoms with Gasteiger partial charge in [0.1, 0.15) is 11.8 Å². The highest BCUT2D eigenvalue weighted by molar-refractivity contribution is 5.90. The van der Waals surface area contributed by atoms with Crippen molar-refractivity contribution < 1.29 is 9.52 Å². The smallest absolute Gasteiger partial charge is 0.136 e. The van der Waals surface area contributed by atoms with Crippen LogP contribution in [0.15, 0.2) is 34.9 Å². The Hall–Kier alpha value is -1.48. The van der Waals surface area contributed by atoms with Crippen molar-refractivity contribution in [2.45, 2.75) is 19.3 Å². The lowest BCUT2D eigenvalue weighted by molar-refractivity contribution is 0.0576. The van der Waals surface area contributed by atoms with Crippen LogP contribution in [0.5, 0.6) is 0 Å². The molecule has 0 bridgehead atoms. The molecule has 17 heavy (non-hydrogen) atoms. The summed E-state index contributed by atoms with van der Waals surface area (Å²) in [5.41, 5.74) is 2.03. The molecule has 0 saturated heterocycles. The second kappa shape index (κ2) is 4.08. The van der Waals surface area contributed by atoms with Gasteiger partial charge in [0.25, 0.3) is 0 Å². The van der Waals surface area contributed by atoms with E-state index in [0.29, 0.717) is 0 Å². The van der Waals surface area contributed by atoms with Crippen LogP contribution >= 0.6 is 0 Å². The second-order valence-electron chi connectivity index (χ2n) is 5.01. The SMILES string of the molecule is OCC1(CNc2coc3ccccc23)CCC1. The van der Waals surface area contributed by atoms with Crippen LogP contribution < -0.4 is 5.32 Å². The molecular weight excluding hydrogens is 214 g/mol. The molecule has 0 aliphatic heterocycles. The highest BCUT2D eigenvalue weighted by atomic mass is 16.3. The van der Waals surface area contributed by atoms with Gasteiger partial charge in [-0.05, 0) is 25.0 Å². The van der Waals surface area contributed by atoms with Crippen molar-refractivity contribution in [1.29, 1.82) is 0 Å². The zero-order valence-corrected chi connectivity index (χ0v) is 9.78. The van der Waals surface area contributed by atoms with Crippen molar-refractivity contribution in [3.8, 4) is 0 Å². The highest BCUT2D eigenvalue weighted by Crippen LogP contribution is 2.40. The second-order valence-corrected chi connectivity index (χ2v) is 5.01. The molecule has 0 amide bonds. The summed E-state index contributed by atoms with van der Waals surface area (Å²) < 4.78 is 5.47. The number of para-hydroxylation sites is 1. The maximum Gasteiger partial charge on any atom is 0.136 e. The Kier molecular flexibility index (Phi) is 2.56. The Balaban J connectivity index is 1.77. The predicted molar refractivity (Wildman–Crippen MR) is 68.1 cm³/mol. The van der Waals surface area contributed by atoms with E-state index in [2.05, 4.69) is 5.32 Å². The number of aliphatic hydroxyl groups is 1. The van der Waals surface area contributed by atoms with Gasteiger partial charge in [-0.2, -0.15) is 0 Å². The third-order valence-electron chi connectivity index (χ3n) is 3.88. The molecule has 1 aliphatic rings. The molecule has 0 atom stereocenters. The normalized spacial score (nSPS) is 17.9. The maximum absolute atomic E-state index is 9.42. The number of nitrogens with one attached hydrogen (secondary N) is 1. The van der Waals surface area contributed by atoms with Crippen LogP contribution in [0.1, 0.15) is 19.3 Å². The zero-order valence-electron chi connectivity index (χ0n) is 9.78. The van der Waals surface area contributed by atoms with Crippen molar-refractivity contribution in [2.75, 3.05) is 18.5 Å². The van der Waals surface area contributed by atoms with Gasteiger partial charge >= 0.3 is 0 Å². The van der Waals surface area contributed by atoms with Gasteiger partial charge in [0, 0.05) is 17.3 Å². The minimum atomic E-state index is 0.0956. The van der Waals surface area contributed by atoms with E-state index in [1.54, 1.807) is 6.26 Å². The fourth-order valence-corrected chi connectivity index (χ4v) is 2.46. The molecule has 3 nitrogen and oxygen atoms in total. The molecule has 90 valence electrons. The van der Waals surface area contributed by atoms with Crippen molar-refractivity contribution >= 4 is 16.7 Å². The van der Waals surface area contributed by atoms with Crippen LogP contribution in [-0.4, -0.2) is 18.3 Å². The van der Waals surface area contributed by atoms with Gasteiger partial charge < -0.3 is 14.8 Å². The molecule has 2 aromatic rings. The Bertz CT molecular complexity index is 508. The summed E-state index contributed by atoms with van der Waals surface area (Å²) >= 11 is 0. The summed E-state index contributed by atoms with van der Waals surface area (Å²) in [4.78, 5) is 0. The zero-order chi connectivity index (χ0) is 11.7. The lowest BCUT2D eigenvalue weighted by Gasteiger charge is -2.40. The lowest BCUT2D eigenvalue weighted by Crippen LogP contribution is -2.39. The minimum Gasteiger partial charge on any atom is -0.462 e. The highest BCUT2D eigenvalue weighted by Gasteiger charge is 2.36. The number of hydrogen-bond donors (Lipinski definition) is 2. The fourth-order valence-electron chi connectivity index (χ4n) is 2.46. The monoisotopic (exact) mass is 231 g/mol. The molecule has 1 aliphatic carbocycles. The minimum absolute atomic E-state index is 0.0956. The number of furan rings is 1. The van der Waals surface area contributed by atoms with E-state index in [4.69, 9.17) is 4.42 Å². The summed E-state index contributed by atoms with van der Waals surface area (Å²) in [6.07, 6.45) is 5.22. The number of benzene rings is 1. The summed E-state index contributed by atoms with van der Waals surface area (Å²) in [6, 6.07) is 7.99. The van der Waals surface area contributed by atoms with E-state index in [1.165, 1.54) is 6.42 Å². The number of aliphatic hydroxyl groups excluding tert-OH is 1. The van der Waals surface area contributed by atoms with E-state index in [-0.39, 0.29) is 12.0 Å². The summed E-state index contributed by atoms with van der Waals surface area (Å²) in [5, 5.41) is 13.9. The third-order valence-corrected chi connectivity index (χ3v) is 3.88. The van der Waals surface area contributed by atoms with Crippen LogP contribution in [0.25, 0.3) is 11.0 Å². The van der Waals surface area contributed by atoms with Gasteiger partial charge in [0.15, 0.2) is 0 Å². The molecule has 1 aromatic heterocycles. The number of hydrogen-bond acceptors (Lipinski definition) is 3. The first-order chi connectivity index (χ1) is 8.33. The molecule has 0 spiro atoms. The van der Waals surface area contributed by atoms with Gasteiger partial charge in [-0.25, -0.2) is 0 Å². The van der Waals surface area contributed by atoms with E-state index in [0.717, 1.165) is 36.0 Å². The summed E-state index contributed by atoms with van der Waals surface area (Å²) in [7, 11) is 0. The Morgan fingerprint density at radius 2 is 2.12 bits per heavy atom. The molecule has 1 fully saturated rings. The maximum atomic E-state index is 9.42. The average Bonchev–Trinajstić information content (AvgIpc) is 2.72.